The van der Waals surface area contributed by atoms with Crippen LogP contribution in [0, 0.1) is 5.82 Å². The van der Waals surface area contributed by atoms with Gasteiger partial charge in [-0.2, -0.15) is 11.8 Å². The van der Waals surface area contributed by atoms with Crippen LogP contribution in [-0.4, -0.2) is 62.2 Å². The van der Waals surface area contributed by atoms with Crippen molar-refractivity contribution in [1.29, 1.82) is 0 Å². The summed E-state index contributed by atoms with van der Waals surface area (Å²) in [7, 11) is 3.56. The predicted octanol–water partition coefficient (Wildman–Crippen LogP) is 4.84. The van der Waals surface area contributed by atoms with Crippen LogP contribution in [0.2, 0.25) is 0 Å². The maximum atomic E-state index is 13.5. The Morgan fingerprint density at radius 1 is 1.00 bits per heavy atom. The van der Waals surface area contributed by atoms with Crippen molar-refractivity contribution in [1.82, 2.24) is 15.5 Å². The van der Waals surface area contributed by atoms with E-state index in [2.05, 4.69) is 26.9 Å². The SMILES string of the molecule is CNCCOCCSCCOc1cc2cc3c(Nc4cccc(F)c4)[nH][nH]c-3c2cc1OC. The van der Waals surface area contributed by atoms with Crippen LogP contribution in [0.4, 0.5) is 15.9 Å². The molecule has 4 rings (SSSR count). The van der Waals surface area contributed by atoms with Gasteiger partial charge in [0.25, 0.3) is 0 Å². The van der Waals surface area contributed by atoms with Gasteiger partial charge in [-0.3, -0.25) is 10.2 Å². The van der Waals surface area contributed by atoms with E-state index in [1.54, 1.807) is 24.9 Å². The zero-order valence-corrected chi connectivity index (χ0v) is 19.6. The second-order valence-corrected chi connectivity index (χ2v) is 8.69. The maximum Gasteiger partial charge on any atom is 0.161 e. The molecule has 9 heteroatoms. The van der Waals surface area contributed by atoms with Crippen molar-refractivity contribution in [2.75, 3.05) is 57.3 Å². The van der Waals surface area contributed by atoms with Crippen molar-refractivity contribution in [2.24, 2.45) is 0 Å². The molecule has 2 aliphatic rings. The number of hydrogen-bond donors (Lipinski definition) is 4. The van der Waals surface area contributed by atoms with Crippen molar-refractivity contribution < 1.29 is 18.6 Å². The lowest BCUT2D eigenvalue weighted by molar-refractivity contribution is 0.153. The standard InChI is InChI=1S/C24H29FN4O3S/c1-26-6-7-31-8-10-33-11-9-32-22-13-16-12-20-23(19(16)15-21(22)30-2)28-29-24(20)27-18-5-3-4-17(25)14-18/h3-5,12-15,26-29H,6-11H2,1-2H3. The second kappa shape index (κ2) is 11.3. The molecule has 1 aliphatic carbocycles. The van der Waals surface area contributed by atoms with Gasteiger partial charge >= 0.3 is 0 Å². The lowest BCUT2D eigenvalue weighted by Gasteiger charge is -2.11. The van der Waals surface area contributed by atoms with Crippen LogP contribution in [0.25, 0.3) is 22.0 Å². The molecule has 0 radical (unpaired) electrons. The summed E-state index contributed by atoms with van der Waals surface area (Å²) in [6, 6.07) is 12.4. The normalized spacial score (nSPS) is 11.4. The number of halogens is 1. The van der Waals surface area contributed by atoms with Crippen LogP contribution >= 0.6 is 11.8 Å². The topological polar surface area (TPSA) is 83.3 Å². The Labute approximate surface area is 196 Å². The molecule has 2 aromatic rings. The predicted molar refractivity (Wildman–Crippen MR) is 133 cm³/mol. The van der Waals surface area contributed by atoms with Gasteiger partial charge in [-0.1, -0.05) is 6.07 Å². The molecule has 0 fully saturated rings. The van der Waals surface area contributed by atoms with Crippen molar-refractivity contribution in [2.45, 2.75) is 0 Å². The van der Waals surface area contributed by atoms with Crippen LogP contribution in [0.15, 0.2) is 42.5 Å². The number of aromatic nitrogens is 2. The lowest BCUT2D eigenvalue weighted by Crippen LogP contribution is -2.15. The summed E-state index contributed by atoms with van der Waals surface area (Å²) in [5.74, 6) is 3.69. The zero-order valence-electron chi connectivity index (χ0n) is 18.8. The summed E-state index contributed by atoms with van der Waals surface area (Å²) < 4.78 is 30.7. The highest BCUT2D eigenvalue weighted by atomic mass is 32.2. The molecule has 1 aliphatic heterocycles. The first-order valence-corrected chi connectivity index (χ1v) is 12.0. The highest BCUT2D eigenvalue weighted by molar-refractivity contribution is 7.99. The van der Waals surface area contributed by atoms with E-state index in [9.17, 15) is 4.39 Å². The number of benzene rings is 2. The van der Waals surface area contributed by atoms with Crippen LogP contribution in [0.1, 0.15) is 0 Å². The molecule has 2 aromatic carbocycles. The molecule has 0 atom stereocenters. The Kier molecular flexibility index (Phi) is 7.98. The molecular formula is C24H29FN4O3S. The number of fused-ring (bicyclic) bond motifs is 3. The number of rotatable bonds is 13. The smallest absolute Gasteiger partial charge is 0.161 e. The Hall–Kier alpha value is -2.88. The molecule has 0 unspecified atom stereocenters. The third-order valence-electron chi connectivity index (χ3n) is 5.20. The van der Waals surface area contributed by atoms with Crippen LogP contribution < -0.4 is 20.1 Å². The fraction of sp³-hybridized carbons (Fsp3) is 0.333. The highest BCUT2D eigenvalue weighted by Gasteiger charge is 2.19. The average molecular weight is 473 g/mol. The third kappa shape index (κ3) is 5.73. The van der Waals surface area contributed by atoms with Crippen molar-refractivity contribution >= 4 is 34.0 Å². The van der Waals surface area contributed by atoms with Crippen molar-refractivity contribution in [3.8, 4) is 22.8 Å². The van der Waals surface area contributed by atoms with Crippen LogP contribution in [0.3, 0.4) is 0 Å². The van der Waals surface area contributed by atoms with Crippen LogP contribution in [-0.2, 0) is 4.74 Å². The minimum Gasteiger partial charge on any atom is -0.493 e. The van der Waals surface area contributed by atoms with E-state index in [-0.39, 0.29) is 5.82 Å². The van der Waals surface area contributed by atoms with Crippen LogP contribution in [0.5, 0.6) is 11.5 Å². The monoisotopic (exact) mass is 472 g/mol. The summed E-state index contributed by atoms with van der Waals surface area (Å²) in [4.78, 5) is 0. The van der Waals surface area contributed by atoms with E-state index < -0.39 is 0 Å². The number of hydrogen-bond acceptors (Lipinski definition) is 6. The number of methoxy groups -OCH3 is 1. The van der Waals surface area contributed by atoms with E-state index in [1.807, 2.05) is 25.2 Å². The summed E-state index contributed by atoms with van der Waals surface area (Å²) in [5.41, 5.74) is 2.59. The van der Waals surface area contributed by atoms with Crippen molar-refractivity contribution in [3.63, 3.8) is 0 Å². The highest BCUT2D eigenvalue weighted by Crippen LogP contribution is 2.42. The molecule has 0 amide bonds. The Balaban J connectivity index is 1.41. The minimum atomic E-state index is -0.287. The third-order valence-corrected chi connectivity index (χ3v) is 6.11. The van der Waals surface area contributed by atoms with Gasteiger partial charge in [0.05, 0.1) is 32.6 Å². The van der Waals surface area contributed by atoms with E-state index in [1.165, 1.54) is 12.1 Å². The summed E-state index contributed by atoms with van der Waals surface area (Å²) in [6.45, 7) is 2.93. The van der Waals surface area contributed by atoms with Gasteiger partial charge in [0.2, 0.25) is 0 Å². The quantitative estimate of drug-likeness (QED) is 0.209. The Morgan fingerprint density at radius 3 is 2.70 bits per heavy atom. The fourth-order valence-electron chi connectivity index (χ4n) is 3.60. The molecular weight excluding hydrogens is 443 g/mol. The van der Waals surface area contributed by atoms with E-state index in [4.69, 9.17) is 14.2 Å². The largest absolute Gasteiger partial charge is 0.493 e. The van der Waals surface area contributed by atoms with E-state index >= 15 is 0 Å². The van der Waals surface area contributed by atoms with Gasteiger partial charge in [-0.05, 0) is 48.8 Å². The maximum absolute atomic E-state index is 13.5. The van der Waals surface area contributed by atoms with Gasteiger partial charge < -0.3 is 24.8 Å². The first-order chi connectivity index (χ1) is 16.2. The van der Waals surface area contributed by atoms with E-state index in [0.29, 0.717) is 23.8 Å². The Bertz CT molecular complexity index is 1150. The zero-order chi connectivity index (χ0) is 23.0. The molecule has 0 bridgehead atoms. The molecule has 1 heterocycles. The van der Waals surface area contributed by atoms with Gasteiger partial charge in [0, 0.05) is 34.7 Å². The molecule has 33 heavy (non-hydrogen) atoms. The first kappa shape index (κ1) is 23.3. The number of anilines is 2. The fourth-order valence-corrected chi connectivity index (χ4v) is 4.24. The first-order valence-electron chi connectivity index (χ1n) is 10.9. The summed E-state index contributed by atoms with van der Waals surface area (Å²) in [5, 5.41) is 14.7. The second-order valence-electron chi connectivity index (χ2n) is 7.46. The summed E-state index contributed by atoms with van der Waals surface area (Å²) in [6.07, 6.45) is 0. The molecule has 0 saturated heterocycles. The molecule has 0 aromatic heterocycles. The number of thioether (sulfide) groups is 1. The number of ether oxygens (including phenoxy) is 3. The minimum absolute atomic E-state index is 0.287. The number of aromatic amines is 2. The number of H-pyrrole nitrogens is 2. The van der Waals surface area contributed by atoms with Crippen molar-refractivity contribution in [3.05, 3.63) is 48.3 Å². The Morgan fingerprint density at radius 2 is 1.88 bits per heavy atom. The van der Waals surface area contributed by atoms with Gasteiger partial charge in [0.1, 0.15) is 11.6 Å². The van der Waals surface area contributed by atoms with Gasteiger partial charge in [0.15, 0.2) is 11.5 Å². The molecule has 7 nitrogen and oxygen atoms in total. The van der Waals surface area contributed by atoms with Gasteiger partial charge in [-0.25, -0.2) is 4.39 Å². The molecule has 4 N–H and O–H groups in total. The molecule has 0 saturated carbocycles. The number of likely N-dealkylation sites (N-methyl/N-ethyl adjacent to an activating group) is 1. The summed E-state index contributed by atoms with van der Waals surface area (Å²) >= 11 is 1.80. The van der Waals surface area contributed by atoms with E-state index in [0.717, 1.165) is 59.1 Å². The molecule has 176 valence electrons. The average Bonchev–Trinajstić information content (AvgIpc) is 3.36. The molecule has 0 spiro atoms. The van der Waals surface area contributed by atoms with Gasteiger partial charge in [-0.15, -0.1) is 0 Å². The lowest BCUT2D eigenvalue weighted by atomic mass is 10.2. The number of nitrogens with one attached hydrogen (secondary N) is 4.